The number of benzene rings is 2. The third-order valence-corrected chi connectivity index (χ3v) is 4.73. The van der Waals surface area contributed by atoms with Gasteiger partial charge in [-0.3, -0.25) is 24.6 Å². The fourth-order valence-corrected chi connectivity index (χ4v) is 3.11. The van der Waals surface area contributed by atoms with E-state index in [0.717, 1.165) is 35.0 Å². The number of H-pyrrole nitrogens is 1. The van der Waals surface area contributed by atoms with Gasteiger partial charge in [-0.1, -0.05) is 0 Å². The highest BCUT2D eigenvalue weighted by Gasteiger charge is 2.23. The number of hydrogen-bond acceptors (Lipinski definition) is 6. The number of hydrogen-bond donors (Lipinski definition) is 3. The Morgan fingerprint density at radius 2 is 1.72 bits per heavy atom. The van der Waals surface area contributed by atoms with E-state index in [1.165, 1.54) is 31.6 Å². The van der Waals surface area contributed by atoms with Crippen LogP contribution >= 0.6 is 0 Å². The van der Waals surface area contributed by atoms with E-state index < -0.39 is 41.7 Å². The lowest BCUT2D eigenvalue weighted by atomic mass is 10.2. The third-order valence-electron chi connectivity index (χ3n) is 4.73. The maximum absolute atomic E-state index is 14.8. The first-order valence-corrected chi connectivity index (χ1v) is 10.0. The van der Waals surface area contributed by atoms with Crippen LogP contribution in [0.15, 0.2) is 55.0 Å². The highest BCUT2D eigenvalue weighted by molar-refractivity contribution is 6.05. The van der Waals surface area contributed by atoms with Gasteiger partial charge < -0.3 is 14.8 Å². The Hall–Kier alpha value is -4.88. The van der Waals surface area contributed by atoms with Gasteiger partial charge in [-0.15, -0.1) is 0 Å². The number of aromatic nitrogens is 4. The number of carbonyl (C=O) groups is 2. The minimum Gasteiger partial charge on any atom is -0.497 e. The number of methoxy groups -OCH3 is 1. The van der Waals surface area contributed by atoms with Crippen molar-refractivity contribution in [2.75, 3.05) is 17.7 Å². The summed E-state index contributed by atoms with van der Waals surface area (Å²) >= 11 is 0. The minimum absolute atomic E-state index is 0.00811. The van der Waals surface area contributed by atoms with E-state index in [1.54, 1.807) is 0 Å². The topological polar surface area (TPSA) is 123 Å². The molecule has 10 nitrogen and oxygen atoms in total. The number of rotatable bonds is 8. The van der Waals surface area contributed by atoms with Crippen LogP contribution in [0.3, 0.4) is 0 Å². The zero-order valence-electron chi connectivity index (χ0n) is 18.3. The molecule has 0 bridgehead atoms. The van der Waals surface area contributed by atoms with Crippen molar-refractivity contribution in [3.05, 3.63) is 77.9 Å². The normalized spacial score (nSPS) is 10.8. The number of amides is 2. The van der Waals surface area contributed by atoms with E-state index in [-0.39, 0.29) is 22.8 Å². The predicted molar refractivity (Wildman–Crippen MR) is 118 cm³/mol. The van der Waals surface area contributed by atoms with Gasteiger partial charge in [-0.2, -0.15) is 13.9 Å². The number of alkyl halides is 2. The van der Waals surface area contributed by atoms with Crippen LogP contribution in [0.5, 0.6) is 11.5 Å². The van der Waals surface area contributed by atoms with Crippen molar-refractivity contribution in [2.45, 2.75) is 6.61 Å². The first-order valence-electron chi connectivity index (χ1n) is 10.0. The number of anilines is 2. The number of aromatic amines is 1. The number of carbonyl (C=O) groups excluding carboxylic acids is 2. The van der Waals surface area contributed by atoms with Gasteiger partial charge in [-0.25, -0.2) is 13.8 Å². The number of ether oxygens (including phenoxy) is 2. The summed E-state index contributed by atoms with van der Waals surface area (Å²) in [5.41, 5.74) is -0.636. The minimum atomic E-state index is -3.04. The number of imidazole rings is 1. The lowest BCUT2D eigenvalue weighted by Gasteiger charge is -2.12. The molecule has 0 saturated carbocycles. The first-order chi connectivity index (χ1) is 17.2. The van der Waals surface area contributed by atoms with Crippen molar-refractivity contribution >= 4 is 23.5 Å². The predicted octanol–water partition coefficient (Wildman–Crippen LogP) is 3.99. The van der Waals surface area contributed by atoms with Crippen LogP contribution in [0.25, 0.3) is 5.69 Å². The van der Waals surface area contributed by atoms with Gasteiger partial charge in [0.05, 0.1) is 19.0 Å². The second-order valence-corrected chi connectivity index (χ2v) is 7.06. The molecule has 0 unspecified atom stereocenters. The fourth-order valence-electron chi connectivity index (χ4n) is 3.11. The molecule has 0 saturated heterocycles. The molecule has 0 spiro atoms. The molecule has 3 N–H and O–H groups in total. The quantitative estimate of drug-likeness (QED) is 0.312. The molecule has 36 heavy (non-hydrogen) atoms. The van der Waals surface area contributed by atoms with Crippen molar-refractivity contribution in [1.82, 2.24) is 19.7 Å². The highest BCUT2D eigenvalue weighted by atomic mass is 19.3. The summed E-state index contributed by atoms with van der Waals surface area (Å²) in [7, 11) is 1.23. The van der Waals surface area contributed by atoms with E-state index in [1.807, 2.05) is 0 Å². The zero-order valence-corrected chi connectivity index (χ0v) is 18.3. The van der Waals surface area contributed by atoms with Crippen LogP contribution in [0, 0.1) is 11.6 Å². The van der Waals surface area contributed by atoms with Crippen LogP contribution < -0.4 is 20.1 Å². The Kier molecular flexibility index (Phi) is 6.85. The van der Waals surface area contributed by atoms with Crippen molar-refractivity contribution in [3.8, 4) is 17.2 Å². The van der Waals surface area contributed by atoms with Crippen LogP contribution in [0.4, 0.5) is 29.2 Å². The molecule has 2 heterocycles. The van der Waals surface area contributed by atoms with Gasteiger partial charge in [0.2, 0.25) is 5.95 Å². The smallest absolute Gasteiger partial charge is 0.387 e. The lowest BCUT2D eigenvalue weighted by Crippen LogP contribution is -2.16. The highest BCUT2D eigenvalue weighted by Crippen LogP contribution is 2.27. The summed E-state index contributed by atoms with van der Waals surface area (Å²) in [5, 5.41) is 11.0. The average Bonchev–Trinajstić information content (AvgIpc) is 3.49. The largest absolute Gasteiger partial charge is 0.497 e. The Morgan fingerprint density at radius 3 is 2.31 bits per heavy atom. The molecule has 2 aromatic carbocycles. The molecule has 0 aliphatic heterocycles. The molecule has 2 amide bonds. The van der Waals surface area contributed by atoms with Gasteiger partial charge >= 0.3 is 6.61 Å². The summed E-state index contributed by atoms with van der Waals surface area (Å²) in [4.78, 5) is 29.4. The summed E-state index contributed by atoms with van der Waals surface area (Å²) in [5.74, 6) is -4.35. The molecule has 2 aromatic heterocycles. The monoisotopic (exact) mass is 504 g/mol. The molecule has 186 valence electrons. The van der Waals surface area contributed by atoms with E-state index in [9.17, 15) is 27.2 Å². The van der Waals surface area contributed by atoms with Gasteiger partial charge in [0.15, 0.2) is 11.6 Å². The van der Waals surface area contributed by atoms with Gasteiger partial charge in [0.1, 0.15) is 22.9 Å². The summed E-state index contributed by atoms with van der Waals surface area (Å²) in [6, 6.07) is 6.50. The van der Waals surface area contributed by atoms with E-state index >= 15 is 0 Å². The van der Waals surface area contributed by atoms with Crippen molar-refractivity contribution < 1.29 is 36.6 Å². The number of halogens is 4. The second kappa shape index (κ2) is 10.2. The van der Waals surface area contributed by atoms with Gasteiger partial charge in [-0.05, 0) is 24.3 Å². The van der Waals surface area contributed by atoms with Crippen LogP contribution in [-0.4, -0.2) is 45.3 Å². The van der Waals surface area contributed by atoms with Crippen LogP contribution in [-0.2, 0) is 0 Å². The molecule has 0 atom stereocenters. The zero-order chi connectivity index (χ0) is 25.8. The maximum Gasteiger partial charge on any atom is 0.387 e. The molecule has 0 aliphatic carbocycles. The molecule has 4 aromatic rings. The van der Waals surface area contributed by atoms with Gasteiger partial charge in [0, 0.05) is 30.1 Å². The molecule has 0 fully saturated rings. The third kappa shape index (κ3) is 5.27. The average molecular weight is 504 g/mol. The molecule has 0 aliphatic rings. The SMILES string of the molecule is COc1cc(F)c(-n2cc(C(=O)Nc3cn[nH]c3)nc2NC(=O)c2ccc(OC(F)F)cc2)c(F)c1. The lowest BCUT2D eigenvalue weighted by molar-refractivity contribution is -0.0498. The summed E-state index contributed by atoms with van der Waals surface area (Å²) in [6.45, 7) is -3.04. The second-order valence-electron chi connectivity index (χ2n) is 7.06. The molecule has 4 rings (SSSR count). The summed E-state index contributed by atoms with van der Waals surface area (Å²) in [6.07, 6.45) is 3.74. The fraction of sp³-hybridized carbons (Fsp3) is 0.0909. The van der Waals surface area contributed by atoms with Crippen molar-refractivity contribution in [2.24, 2.45) is 0 Å². The molecular weight excluding hydrogens is 488 g/mol. The van der Waals surface area contributed by atoms with Crippen LogP contribution in [0.1, 0.15) is 20.8 Å². The Bertz CT molecular complexity index is 1370. The van der Waals surface area contributed by atoms with Crippen molar-refractivity contribution in [1.29, 1.82) is 0 Å². The van der Waals surface area contributed by atoms with Gasteiger partial charge in [0.25, 0.3) is 11.8 Å². The van der Waals surface area contributed by atoms with E-state index in [4.69, 9.17) is 4.74 Å². The Labute approximate surface area is 199 Å². The van der Waals surface area contributed by atoms with Crippen molar-refractivity contribution in [3.63, 3.8) is 0 Å². The van der Waals surface area contributed by atoms with E-state index in [2.05, 4.69) is 30.6 Å². The maximum atomic E-state index is 14.8. The number of nitrogens with one attached hydrogen (secondary N) is 3. The molecule has 0 radical (unpaired) electrons. The molecule has 14 heteroatoms. The first kappa shape index (κ1) is 24.3. The Morgan fingerprint density at radius 1 is 1.03 bits per heavy atom. The molecular formula is C22H16F4N6O4. The summed E-state index contributed by atoms with van der Waals surface area (Å²) < 4.78 is 64.3. The Balaban J connectivity index is 1.69. The van der Waals surface area contributed by atoms with E-state index in [0.29, 0.717) is 5.69 Å². The van der Waals surface area contributed by atoms with Crippen LogP contribution in [0.2, 0.25) is 0 Å². The number of nitrogens with zero attached hydrogens (tertiary/aromatic N) is 3. The standard InChI is InChI=1S/C22H16F4N6O4/c1-35-14-6-15(23)18(16(24)7-14)32-10-17(20(34)29-12-8-27-28-9-12)30-22(32)31-19(33)11-2-4-13(5-3-11)36-21(25)26/h2-10,21H,1H3,(H,27,28)(H,29,34)(H,30,31,33).